The van der Waals surface area contributed by atoms with Crippen molar-refractivity contribution in [2.45, 2.75) is 39.7 Å². The molecule has 0 saturated carbocycles. The summed E-state index contributed by atoms with van der Waals surface area (Å²) in [6.07, 6.45) is 4.18. The highest BCUT2D eigenvalue weighted by atomic mass is 15.3. The Kier molecular flexibility index (Phi) is 3.99. The van der Waals surface area contributed by atoms with Crippen molar-refractivity contribution in [1.29, 1.82) is 0 Å². The summed E-state index contributed by atoms with van der Waals surface area (Å²) < 4.78 is 3.76. The molecule has 22 heavy (non-hydrogen) atoms. The number of rotatable bonds is 6. The average Bonchev–Trinajstić information content (AvgIpc) is 3.15. The second-order valence-electron chi connectivity index (χ2n) is 5.45. The first kappa shape index (κ1) is 14.4. The van der Waals surface area contributed by atoms with Crippen LogP contribution >= 0.6 is 0 Å². The number of hydrogen-bond donors (Lipinski definition) is 1. The van der Waals surface area contributed by atoms with Gasteiger partial charge in [-0.15, -0.1) is 20.4 Å². The molecule has 3 aromatic rings. The number of aryl methyl sites for hydroxylation is 1. The molecule has 0 fully saturated rings. The van der Waals surface area contributed by atoms with E-state index >= 15 is 0 Å². The van der Waals surface area contributed by atoms with Crippen LogP contribution in [0.3, 0.4) is 0 Å². The molecule has 1 N–H and O–H groups in total. The molecule has 0 unspecified atom stereocenters. The van der Waals surface area contributed by atoms with Crippen molar-refractivity contribution in [3.8, 4) is 0 Å². The van der Waals surface area contributed by atoms with Crippen LogP contribution in [0.5, 0.6) is 0 Å². The van der Waals surface area contributed by atoms with Crippen LogP contribution in [0.1, 0.15) is 38.2 Å². The molecular formula is C14H20N8. The fourth-order valence-electron chi connectivity index (χ4n) is 2.30. The fraction of sp³-hybridized carbons (Fsp3) is 0.500. The van der Waals surface area contributed by atoms with Gasteiger partial charge in [0.05, 0.1) is 11.4 Å². The Morgan fingerprint density at radius 1 is 1.18 bits per heavy atom. The zero-order valence-electron chi connectivity index (χ0n) is 13.1. The number of aromatic nitrogens is 7. The average molecular weight is 300 g/mol. The second-order valence-corrected chi connectivity index (χ2v) is 5.45. The van der Waals surface area contributed by atoms with E-state index < -0.39 is 0 Å². The van der Waals surface area contributed by atoms with Gasteiger partial charge in [-0.1, -0.05) is 13.8 Å². The lowest BCUT2D eigenvalue weighted by Crippen LogP contribution is -2.12. The molecule has 0 aliphatic rings. The van der Waals surface area contributed by atoms with Gasteiger partial charge in [0.15, 0.2) is 0 Å². The monoisotopic (exact) mass is 300 g/mol. The smallest absolute Gasteiger partial charge is 0.200 e. The number of fused-ring (bicyclic) bond motifs is 1. The van der Waals surface area contributed by atoms with Crippen molar-refractivity contribution < 1.29 is 0 Å². The van der Waals surface area contributed by atoms with E-state index in [1.54, 1.807) is 17.2 Å². The normalized spacial score (nSPS) is 11.5. The second kappa shape index (κ2) is 6.08. The van der Waals surface area contributed by atoms with E-state index in [0.29, 0.717) is 5.92 Å². The first-order valence-corrected chi connectivity index (χ1v) is 7.50. The van der Waals surface area contributed by atoms with Crippen LogP contribution in [0.4, 0.5) is 5.69 Å². The highest BCUT2D eigenvalue weighted by molar-refractivity contribution is 5.66. The molecule has 0 amide bonds. The molecule has 3 aromatic heterocycles. The molecule has 0 saturated heterocycles. The summed E-state index contributed by atoms with van der Waals surface area (Å²) in [4.78, 5) is 0. The van der Waals surface area contributed by atoms with Crippen LogP contribution in [0, 0.1) is 0 Å². The van der Waals surface area contributed by atoms with E-state index in [-0.39, 0.29) is 0 Å². The van der Waals surface area contributed by atoms with Gasteiger partial charge in [0.2, 0.25) is 5.65 Å². The topological polar surface area (TPSA) is 85.8 Å². The Hall–Kier alpha value is -2.51. The van der Waals surface area contributed by atoms with Crippen molar-refractivity contribution >= 4 is 11.3 Å². The zero-order chi connectivity index (χ0) is 15.5. The van der Waals surface area contributed by atoms with E-state index in [0.717, 1.165) is 42.4 Å². The molecule has 116 valence electrons. The third kappa shape index (κ3) is 2.76. The highest BCUT2D eigenvalue weighted by Gasteiger charge is 2.10. The number of nitrogens with zero attached hydrogens (tertiary/aromatic N) is 7. The Morgan fingerprint density at radius 2 is 2.00 bits per heavy atom. The summed E-state index contributed by atoms with van der Waals surface area (Å²) in [6, 6.07) is 2.04. The molecule has 3 rings (SSSR count). The molecule has 0 aliphatic carbocycles. The first-order chi connectivity index (χ1) is 10.7. The summed E-state index contributed by atoms with van der Waals surface area (Å²) in [6.45, 7) is 7.95. The Labute approximate surface area is 128 Å². The third-order valence-corrected chi connectivity index (χ3v) is 3.58. The Bertz CT molecular complexity index is 757. The molecule has 0 spiro atoms. The molecule has 0 radical (unpaired) electrons. The lowest BCUT2D eigenvalue weighted by Gasteiger charge is -2.11. The predicted molar refractivity (Wildman–Crippen MR) is 82.8 cm³/mol. The molecule has 8 nitrogen and oxygen atoms in total. The highest BCUT2D eigenvalue weighted by Crippen LogP contribution is 2.19. The Morgan fingerprint density at radius 3 is 2.77 bits per heavy atom. The fourth-order valence-corrected chi connectivity index (χ4v) is 2.30. The van der Waals surface area contributed by atoms with Gasteiger partial charge in [-0.3, -0.25) is 0 Å². The van der Waals surface area contributed by atoms with Gasteiger partial charge in [-0.25, -0.2) is 0 Å². The minimum Gasteiger partial charge on any atom is -0.381 e. The van der Waals surface area contributed by atoms with Gasteiger partial charge in [0.1, 0.15) is 18.5 Å². The molecule has 0 atom stereocenters. The van der Waals surface area contributed by atoms with Crippen LogP contribution in [-0.4, -0.2) is 41.1 Å². The van der Waals surface area contributed by atoms with Gasteiger partial charge < -0.3 is 9.88 Å². The maximum Gasteiger partial charge on any atom is 0.200 e. The molecule has 8 heteroatoms. The van der Waals surface area contributed by atoms with Crippen molar-refractivity contribution in [1.82, 2.24) is 34.6 Å². The van der Waals surface area contributed by atoms with Gasteiger partial charge in [0.25, 0.3) is 0 Å². The van der Waals surface area contributed by atoms with Crippen LogP contribution in [-0.2, 0) is 13.0 Å². The number of hydrogen-bond acceptors (Lipinski definition) is 6. The quantitative estimate of drug-likeness (QED) is 0.742. The van der Waals surface area contributed by atoms with Gasteiger partial charge in [-0.2, -0.15) is 9.61 Å². The van der Waals surface area contributed by atoms with E-state index in [9.17, 15) is 0 Å². The SMILES string of the molecule is CCn1cnnc1CCNc1cc(C(C)C)nn2cnnc12. The lowest BCUT2D eigenvalue weighted by molar-refractivity contribution is 0.697. The minimum absolute atomic E-state index is 0.343. The standard InChI is InChI=1S/C14H20N8/c1-4-21-8-16-18-13(21)5-6-15-12-7-11(10(2)3)20-22-9-17-19-14(12)22/h7-10,15H,4-6H2,1-3H3. The summed E-state index contributed by atoms with van der Waals surface area (Å²) in [5.74, 6) is 1.32. The van der Waals surface area contributed by atoms with E-state index in [1.807, 2.05) is 10.6 Å². The minimum atomic E-state index is 0.343. The summed E-state index contributed by atoms with van der Waals surface area (Å²) >= 11 is 0. The number of nitrogens with one attached hydrogen (secondary N) is 1. The summed E-state index contributed by atoms with van der Waals surface area (Å²) in [7, 11) is 0. The van der Waals surface area contributed by atoms with Crippen molar-refractivity contribution in [2.24, 2.45) is 0 Å². The first-order valence-electron chi connectivity index (χ1n) is 7.50. The largest absolute Gasteiger partial charge is 0.381 e. The Balaban J connectivity index is 1.77. The zero-order valence-corrected chi connectivity index (χ0v) is 13.1. The lowest BCUT2D eigenvalue weighted by atomic mass is 10.1. The van der Waals surface area contributed by atoms with E-state index in [1.165, 1.54) is 0 Å². The van der Waals surface area contributed by atoms with Gasteiger partial charge in [-0.05, 0) is 18.9 Å². The summed E-state index contributed by atoms with van der Waals surface area (Å²) in [5.41, 5.74) is 2.69. The van der Waals surface area contributed by atoms with Crippen molar-refractivity contribution in [2.75, 3.05) is 11.9 Å². The molecule has 0 aliphatic heterocycles. The third-order valence-electron chi connectivity index (χ3n) is 3.58. The molecule has 3 heterocycles. The molecule has 0 bridgehead atoms. The van der Waals surface area contributed by atoms with Crippen LogP contribution in [0.25, 0.3) is 5.65 Å². The van der Waals surface area contributed by atoms with Crippen LogP contribution in [0.2, 0.25) is 0 Å². The van der Waals surface area contributed by atoms with Crippen molar-refractivity contribution in [3.05, 3.63) is 30.2 Å². The maximum absolute atomic E-state index is 4.51. The summed E-state index contributed by atoms with van der Waals surface area (Å²) in [5, 5.41) is 24.1. The van der Waals surface area contributed by atoms with Crippen molar-refractivity contribution in [3.63, 3.8) is 0 Å². The van der Waals surface area contributed by atoms with Crippen LogP contribution in [0.15, 0.2) is 18.7 Å². The molecular weight excluding hydrogens is 280 g/mol. The van der Waals surface area contributed by atoms with Gasteiger partial charge in [0, 0.05) is 19.5 Å². The van der Waals surface area contributed by atoms with Crippen LogP contribution < -0.4 is 5.32 Å². The maximum atomic E-state index is 4.51. The van der Waals surface area contributed by atoms with E-state index in [2.05, 4.69) is 51.6 Å². The molecule has 0 aromatic carbocycles. The predicted octanol–water partition coefficient (Wildman–Crippen LogP) is 1.51. The van der Waals surface area contributed by atoms with Gasteiger partial charge >= 0.3 is 0 Å². The number of anilines is 1. The van der Waals surface area contributed by atoms with E-state index in [4.69, 9.17) is 0 Å².